The van der Waals surface area contributed by atoms with Crippen molar-refractivity contribution in [2.45, 2.75) is 26.7 Å². The van der Waals surface area contributed by atoms with Gasteiger partial charge in [0.2, 0.25) is 11.8 Å². The molecule has 2 rings (SSSR count). The SMILES string of the molecule is Cc1ccc(CC(C)C(=O)Nc2ccc(CC(=O)NCC(=O)O)cc2)cc1. The summed E-state index contributed by atoms with van der Waals surface area (Å²) in [5, 5.41) is 13.7. The van der Waals surface area contributed by atoms with Gasteiger partial charge in [-0.3, -0.25) is 14.4 Å². The van der Waals surface area contributed by atoms with E-state index in [0.717, 1.165) is 11.1 Å². The van der Waals surface area contributed by atoms with Gasteiger partial charge in [-0.25, -0.2) is 0 Å². The lowest BCUT2D eigenvalue weighted by Crippen LogP contribution is -2.30. The maximum atomic E-state index is 12.4. The molecule has 0 bridgehead atoms. The van der Waals surface area contributed by atoms with Crippen molar-refractivity contribution < 1.29 is 19.5 Å². The molecule has 1 unspecified atom stereocenters. The molecule has 142 valence electrons. The molecule has 0 aliphatic carbocycles. The van der Waals surface area contributed by atoms with Gasteiger partial charge in [-0.2, -0.15) is 0 Å². The van der Waals surface area contributed by atoms with E-state index in [0.29, 0.717) is 12.1 Å². The Balaban J connectivity index is 1.85. The first-order chi connectivity index (χ1) is 12.8. The minimum absolute atomic E-state index is 0.0671. The van der Waals surface area contributed by atoms with Crippen LogP contribution in [0.2, 0.25) is 0 Å². The normalized spacial score (nSPS) is 11.5. The Morgan fingerprint density at radius 2 is 1.56 bits per heavy atom. The zero-order chi connectivity index (χ0) is 19.8. The minimum atomic E-state index is -1.08. The van der Waals surface area contributed by atoms with Gasteiger partial charge in [-0.15, -0.1) is 0 Å². The number of amides is 2. The first kappa shape index (κ1) is 20.2. The van der Waals surface area contributed by atoms with E-state index in [2.05, 4.69) is 10.6 Å². The number of nitrogens with one attached hydrogen (secondary N) is 2. The second-order valence-corrected chi connectivity index (χ2v) is 6.62. The van der Waals surface area contributed by atoms with E-state index in [1.54, 1.807) is 24.3 Å². The lowest BCUT2D eigenvalue weighted by molar-refractivity contribution is -0.137. The van der Waals surface area contributed by atoms with Gasteiger partial charge in [0.1, 0.15) is 6.54 Å². The first-order valence-corrected chi connectivity index (χ1v) is 8.77. The van der Waals surface area contributed by atoms with Crippen molar-refractivity contribution in [2.24, 2.45) is 5.92 Å². The molecule has 0 heterocycles. The van der Waals surface area contributed by atoms with Gasteiger partial charge in [0.25, 0.3) is 0 Å². The Bertz CT molecular complexity index is 798. The van der Waals surface area contributed by atoms with Crippen LogP contribution >= 0.6 is 0 Å². The molecule has 27 heavy (non-hydrogen) atoms. The maximum Gasteiger partial charge on any atom is 0.322 e. The van der Waals surface area contributed by atoms with Crippen LogP contribution in [0.5, 0.6) is 0 Å². The Morgan fingerprint density at radius 3 is 2.15 bits per heavy atom. The largest absolute Gasteiger partial charge is 0.480 e. The number of anilines is 1. The van der Waals surface area contributed by atoms with Crippen LogP contribution in [0.1, 0.15) is 23.6 Å². The zero-order valence-electron chi connectivity index (χ0n) is 15.5. The van der Waals surface area contributed by atoms with E-state index in [9.17, 15) is 14.4 Å². The molecule has 0 saturated carbocycles. The van der Waals surface area contributed by atoms with Gasteiger partial charge in [-0.05, 0) is 36.6 Å². The summed E-state index contributed by atoms with van der Waals surface area (Å²) >= 11 is 0. The quantitative estimate of drug-likeness (QED) is 0.667. The first-order valence-electron chi connectivity index (χ1n) is 8.77. The smallest absolute Gasteiger partial charge is 0.322 e. The predicted molar refractivity (Wildman–Crippen MR) is 103 cm³/mol. The third-order valence-corrected chi connectivity index (χ3v) is 4.13. The molecule has 6 nitrogen and oxygen atoms in total. The van der Waals surface area contributed by atoms with E-state index in [1.165, 1.54) is 5.56 Å². The third kappa shape index (κ3) is 6.93. The molecule has 0 spiro atoms. The van der Waals surface area contributed by atoms with E-state index < -0.39 is 12.5 Å². The lowest BCUT2D eigenvalue weighted by atomic mass is 9.99. The summed E-state index contributed by atoms with van der Waals surface area (Å²) in [7, 11) is 0. The van der Waals surface area contributed by atoms with E-state index in [1.807, 2.05) is 38.1 Å². The molecule has 0 aliphatic heterocycles. The van der Waals surface area contributed by atoms with E-state index in [-0.39, 0.29) is 24.2 Å². The molecule has 0 radical (unpaired) electrons. The number of carbonyl (C=O) groups excluding carboxylic acids is 2. The number of carbonyl (C=O) groups is 3. The molecule has 0 fully saturated rings. The average Bonchev–Trinajstić information content (AvgIpc) is 2.63. The monoisotopic (exact) mass is 368 g/mol. The Labute approximate surface area is 158 Å². The van der Waals surface area contributed by atoms with Gasteiger partial charge in [0.05, 0.1) is 6.42 Å². The lowest BCUT2D eigenvalue weighted by Gasteiger charge is -2.13. The number of rotatable bonds is 8. The Kier molecular flexibility index (Phi) is 7.11. The summed E-state index contributed by atoms with van der Waals surface area (Å²) in [6.07, 6.45) is 0.749. The third-order valence-electron chi connectivity index (χ3n) is 4.13. The van der Waals surface area contributed by atoms with Crippen molar-refractivity contribution in [1.82, 2.24) is 5.32 Å². The number of benzene rings is 2. The van der Waals surface area contributed by atoms with Gasteiger partial charge in [-0.1, -0.05) is 48.9 Å². The van der Waals surface area contributed by atoms with Crippen LogP contribution in [0.4, 0.5) is 5.69 Å². The minimum Gasteiger partial charge on any atom is -0.480 e. The standard InChI is InChI=1S/C21H24N2O4/c1-14-3-5-16(6-4-14)11-15(2)21(27)23-18-9-7-17(8-10-18)12-19(24)22-13-20(25)26/h3-10,15H,11-13H2,1-2H3,(H,22,24)(H,23,27)(H,25,26). The summed E-state index contributed by atoms with van der Waals surface area (Å²) in [4.78, 5) is 34.4. The second kappa shape index (κ2) is 9.52. The van der Waals surface area contributed by atoms with E-state index in [4.69, 9.17) is 5.11 Å². The highest BCUT2D eigenvalue weighted by Crippen LogP contribution is 2.14. The maximum absolute atomic E-state index is 12.4. The molecule has 2 aromatic rings. The van der Waals surface area contributed by atoms with Crippen molar-refractivity contribution in [1.29, 1.82) is 0 Å². The number of hydrogen-bond acceptors (Lipinski definition) is 3. The van der Waals surface area contributed by atoms with Crippen molar-refractivity contribution in [3.05, 3.63) is 65.2 Å². The van der Waals surface area contributed by atoms with Crippen LogP contribution < -0.4 is 10.6 Å². The highest BCUT2D eigenvalue weighted by atomic mass is 16.4. The van der Waals surface area contributed by atoms with Gasteiger partial charge in [0, 0.05) is 11.6 Å². The van der Waals surface area contributed by atoms with Crippen LogP contribution in [0.25, 0.3) is 0 Å². The van der Waals surface area contributed by atoms with Crippen LogP contribution in [-0.2, 0) is 27.2 Å². The fraction of sp³-hybridized carbons (Fsp3) is 0.286. The highest BCUT2D eigenvalue weighted by Gasteiger charge is 2.14. The molecule has 3 N–H and O–H groups in total. The highest BCUT2D eigenvalue weighted by molar-refractivity contribution is 5.92. The van der Waals surface area contributed by atoms with Crippen molar-refractivity contribution in [2.75, 3.05) is 11.9 Å². The molecule has 2 aromatic carbocycles. The molecular formula is C21H24N2O4. The summed E-state index contributed by atoms with van der Waals surface area (Å²) < 4.78 is 0. The van der Waals surface area contributed by atoms with Gasteiger partial charge < -0.3 is 15.7 Å². The molecule has 1 atom stereocenters. The molecule has 0 aromatic heterocycles. The summed E-state index contributed by atoms with van der Waals surface area (Å²) in [5.74, 6) is -1.68. The van der Waals surface area contributed by atoms with Gasteiger partial charge >= 0.3 is 5.97 Å². The number of aliphatic carboxylic acids is 1. The van der Waals surface area contributed by atoms with Crippen molar-refractivity contribution >= 4 is 23.5 Å². The number of carboxylic acid groups (broad SMARTS) is 1. The Hall–Kier alpha value is -3.15. The van der Waals surface area contributed by atoms with Gasteiger partial charge in [0.15, 0.2) is 0 Å². The molecule has 0 aliphatic rings. The predicted octanol–water partition coefficient (Wildman–Crippen LogP) is 2.56. The van der Waals surface area contributed by atoms with Crippen LogP contribution in [0.3, 0.4) is 0 Å². The zero-order valence-corrected chi connectivity index (χ0v) is 15.5. The number of aryl methyl sites for hydroxylation is 1. The summed E-state index contributed by atoms with van der Waals surface area (Å²) in [5.41, 5.74) is 3.70. The van der Waals surface area contributed by atoms with Crippen molar-refractivity contribution in [3.63, 3.8) is 0 Å². The Morgan fingerprint density at radius 1 is 0.963 bits per heavy atom. The molecule has 2 amide bonds. The fourth-order valence-electron chi connectivity index (χ4n) is 2.56. The van der Waals surface area contributed by atoms with Crippen LogP contribution in [0, 0.1) is 12.8 Å². The molecular weight excluding hydrogens is 344 g/mol. The van der Waals surface area contributed by atoms with Crippen LogP contribution in [0.15, 0.2) is 48.5 Å². The molecule has 6 heteroatoms. The summed E-state index contributed by atoms with van der Waals surface area (Å²) in [6, 6.07) is 15.1. The fourth-order valence-corrected chi connectivity index (χ4v) is 2.56. The average molecular weight is 368 g/mol. The number of carboxylic acids is 1. The van der Waals surface area contributed by atoms with Crippen molar-refractivity contribution in [3.8, 4) is 0 Å². The molecule has 0 saturated heterocycles. The topological polar surface area (TPSA) is 95.5 Å². The summed E-state index contributed by atoms with van der Waals surface area (Å²) in [6.45, 7) is 3.52. The number of hydrogen-bond donors (Lipinski definition) is 3. The second-order valence-electron chi connectivity index (χ2n) is 6.62. The van der Waals surface area contributed by atoms with E-state index >= 15 is 0 Å². The van der Waals surface area contributed by atoms with Crippen LogP contribution in [-0.4, -0.2) is 29.4 Å².